The molecule has 12 heavy (non-hydrogen) atoms. The third kappa shape index (κ3) is 3.57. The normalized spacial score (nSPS) is 14.9. The van der Waals surface area contributed by atoms with Crippen LogP contribution in [0.5, 0.6) is 0 Å². The molecule has 1 nitrogen and oxygen atoms in total. The molecule has 0 radical (unpaired) electrons. The van der Waals surface area contributed by atoms with Gasteiger partial charge in [0.2, 0.25) is 5.24 Å². The van der Waals surface area contributed by atoms with Gasteiger partial charge in [-0.05, 0) is 29.4 Å². The maximum Gasteiger partial charge on any atom is 0.224 e. The topological polar surface area (TPSA) is 17.1 Å². The van der Waals surface area contributed by atoms with Gasteiger partial charge in [0.1, 0.15) is 0 Å². The molecule has 0 N–H and O–H groups in total. The van der Waals surface area contributed by atoms with Crippen molar-refractivity contribution in [1.29, 1.82) is 0 Å². The van der Waals surface area contributed by atoms with Gasteiger partial charge in [0.05, 0.1) is 0 Å². The lowest BCUT2D eigenvalue weighted by molar-refractivity contribution is -0.115. The number of carbonyl (C=O) groups is 1. The highest BCUT2D eigenvalue weighted by molar-refractivity contribution is 6.63. The Labute approximate surface area is 80.5 Å². The van der Waals surface area contributed by atoms with Crippen molar-refractivity contribution >= 4 is 16.8 Å². The third-order valence-corrected chi connectivity index (χ3v) is 3.16. The van der Waals surface area contributed by atoms with Crippen LogP contribution in [-0.4, -0.2) is 5.24 Å². The van der Waals surface area contributed by atoms with Gasteiger partial charge >= 0.3 is 0 Å². The Morgan fingerprint density at radius 3 is 2.00 bits per heavy atom. The molecule has 0 aromatic rings. The lowest BCUT2D eigenvalue weighted by Gasteiger charge is -2.30. The van der Waals surface area contributed by atoms with E-state index in [2.05, 4.69) is 27.7 Å². The van der Waals surface area contributed by atoms with Gasteiger partial charge in [-0.1, -0.05) is 34.6 Å². The Kier molecular flexibility index (Phi) is 4.25. The molecule has 0 rings (SSSR count). The Bertz CT molecular complexity index is 161. The van der Waals surface area contributed by atoms with E-state index in [1.807, 2.05) is 6.92 Å². The van der Waals surface area contributed by atoms with Crippen LogP contribution >= 0.6 is 11.6 Å². The minimum atomic E-state index is -0.219. The van der Waals surface area contributed by atoms with Crippen molar-refractivity contribution in [2.24, 2.45) is 17.3 Å². The van der Waals surface area contributed by atoms with Crippen molar-refractivity contribution in [3.63, 3.8) is 0 Å². The highest BCUT2D eigenvalue weighted by atomic mass is 35.5. The Balaban J connectivity index is 4.15. The lowest BCUT2D eigenvalue weighted by atomic mass is 9.75. The van der Waals surface area contributed by atoms with Crippen LogP contribution in [0.4, 0.5) is 0 Å². The highest BCUT2D eigenvalue weighted by Gasteiger charge is 2.26. The molecule has 0 aromatic carbocycles. The van der Waals surface area contributed by atoms with Crippen LogP contribution in [-0.2, 0) is 4.79 Å². The van der Waals surface area contributed by atoms with Crippen molar-refractivity contribution in [3.05, 3.63) is 0 Å². The van der Waals surface area contributed by atoms with Crippen molar-refractivity contribution in [3.8, 4) is 0 Å². The van der Waals surface area contributed by atoms with E-state index in [0.29, 0.717) is 5.92 Å². The largest absolute Gasteiger partial charge is 0.281 e. The zero-order valence-electron chi connectivity index (χ0n) is 8.65. The van der Waals surface area contributed by atoms with E-state index < -0.39 is 0 Å². The summed E-state index contributed by atoms with van der Waals surface area (Å²) in [4.78, 5) is 10.8. The molecule has 72 valence electrons. The predicted octanol–water partition coefficient (Wildman–Crippen LogP) is 3.46. The minimum absolute atomic E-state index is 0.0240. The average molecular weight is 191 g/mol. The summed E-state index contributed by atoms with van der Waals surface area (Å²) in [7, 11) is 0. The van der Waals surface area contributed by atoms with Crippen molar-refractivity contribution in [2.45, 2.75) is 41.0 Å². The summed E-state index contributed by atoms with van der Waals surface area (Å²) in [6.45, 7) is 10.6. The Morgan fingerprint density at radius 1 is 1.33 bits per heavy atom. The highest BCUT2D eigenvalue weighted by Crippen LogP contribution is 2.33. The molecule has 0 aromatic heterocycles. The molecule has 0 bridgehead atoms. The van der Waals surface area contributed by atoms with Gasteiger partial charge in [-0.2, -0.15) is 0 Å². The molecular weight excluding hydrogens is 172 g/mol. The zero-order chi connectivity index (χ0) is 9.94. The zero-order valence-corrected chi connectivity index (χ0v) is 9.40. The fraction of sp³-hybridized carbons (Fsp3) is 0.900. The maximum absolute atomic E-state index is 10.8. The molecule has 1 unspecified atom stereocenters. The van der Waals surface area contributed by atoms with E-state index in [1.54, 1.807) is 0 Å². The number of hydrogen-bond acceptors (Lipinski definition) is 1. The first-order chi connectivity index (χ1) is 5.27. The quantitative estimate of drug-likeness (QED) is 0.621. The molecule has 1 atom stereocenters. The van der Waals surface area contributed by atoms with Gasteiger partial charge in [0.15, 0.2) is 0 Å². The third-order valence-electron chi connectivity index (χ3n) is 2.78. The van der Waals surface area contributed by atoms with Crippen LogP contribution in [0.2, 0.25) is 0 Å². The molecule has 0 saturated carbocycles. The van der Waals surface area contributed by atoms with E-state index in [4.69, 9.17) is 11.6 Å². The van der Waals surface area contributed by atoms with Crippen molar-refractivity contribution < 1.29 is 4.79 Å². The maximum atomic E-state index is 10.8. The fourth-order valence-electron chi connectivity index (χ4n) is 1.11. The number of hydrogen-bond donors (Lipinski definition) is 0. The monoisotopic (exact) mass is 190 g/mol. The molecule has 2 heteroatoms. The predicted molar refractivity (Wildman–Crippen MR) is 53.3 cm³/mol. The molecule has 0 spiro atoms. The smallest absolute Gasteiger partial charge is 0.224 e. The average Bonchev–Trinajstić information content (AvgIpc) is 1.85. The van der Waals surface area contributed by atoms with Crippen LogP contribution in [0.1, 0.15) is 41.0 Å². The fourth-order valence-corrected chi connectivity index (χ4v) is 1.18. The van der Waals surface area contributed by atoms with Gasteiger partial charge in [0.25, 0.3) is 0 Å². The SMILES string of the molecule is CC(CC(C)(C)C(C)C)C(=O)Cl. The van der Waals surface area contributed by atoms with Crippen molar-refractivity contribution in [1.82, 2.24) is 0 Å². The molecule has 0 aliphatic heterocycles. The molecule has 0 aliphatic carbocycles. The van der Waals surface area contributed by atoms with Gasteiger partial charge in [0, 0.05) is 5.92 Å². The first kappa shape index (κ1) is 12.0. The summed E-state index contributed by atoms with van der Waals surface area (Å²) >= 11 is 5.40. The number of carbonyl (C=O) groups excluding carboxylic acids is 1. The van der Waals surface area contributed by atoms with Crippen LogP contribution in [0.15, 0.2) is 0 Å². The second-order valence-electron chi connectivity index (χ2n) is 4.55. The lowest BCUT2D eigenvalue weighted by Crippen LogP contribution is -2.24. The van der Waals surface area contributed by atoms with Crippen LogP contribution < -0.4 is 0 Å². The number of rotatable bonds is 4. The molecule has 0 amide bonds. The minimum Gasteiger partial charge on any atom is -0.281 e. The van der Waals surface area contributed by atoms with Gasteiger partial charge < -0.3 is 0 Å². The summed E-state index contributed by atoms with van der Waals surface area (Å²) in [6.07, 6.45) is 0.868. The number of halogens is 1. The summed E-state index contributed by atoms with van der Waals surface area (Å²) in [5, 5.41) is -0.219. The van der Waals surface area contributed by atoms with E-state index in [-0.39, 0.29) is 16.6 Å². The Hall–Kier alpha value is -0.0400. The van der Waals surface area contributed by atoms with Crippen LogP contribution in [0, 0.1) is 17.3 Å². The molecule has 0 heterocycles. The van der Waals surface area contributed by atoms with Gasteiger partial charge in [-0.15, -0.1) is 0 Å². The van der Waals surface area contributed by atoms with E-state index in [9.17, 15) is 4.79 Å². The van der Waals surface area contributed by atoms with Gasteiger partial charge in [-0.25, -0.2) is 0 Å². The first-order valence-electron chi connectivity index (χ1n) is 4.46. The summed E-state index contributed by atoms with van der Waals surface area (Å²) in [5.41, 5.74) is 0.198. The van der Waals surface area contributed by atoms with Crippen LogP contribution in [0.3, 0.4) is 0 Å². The molecular formula is C10H19ClO. The second kappa shape index (κ2) is 4.27. The summed E-state index contributed by atoms with van der Waals surface area (Å²) in [5.74, 6) is 0.556. The van der Waals surface area contributed by atoms with Crippen molar-refractivity contribution in [2.75, 3.05) is 0 Å². The molecule has 0 aliphatic rings. The molecule has 0 saturated heterocycles. The van der Waals surface area contributed by atoms with E-state index in [0.717, 1.165) is 6.42 Å². The second-order valence-corrected chi connectivity index (χ2v) is 4.93. The van der Waals surface area contributed by atoms with Gasteiger partial charge in [-0.3, -0.25) is 4.79 Å². The summed E-state index contributed by atoms with van der Waals surface area (Å²) in [6, 6.07) is 0. The Morgan fingerprint density at radius 2 is 1.75 bits per heavy atom. The standard InChI is InChI=1S/C10H19ClO/c1-7(2)10(4,5)6-8(3)9(11)12/h7-8H,6H2,1-5H3. The first-order valence-corrected chi connectivity index (χ1v) is 4.84. The summed E-state index contributed by atoms with van der Waals surface area (Å²) < 4.78 is 0. The molecule has 0 fully saturated rings. The van der Waals surface area contributed by atoms with E-state index >= 15 is 0 Å². The van der Waals surface area contributed by atoms with E-state index in [1.165, 1.54) is 0 Å². The van der Waals surface area contributed by atoms with Crippen LogP contribution in [0.25, 0.3) is 0 Å².